The molecule has 0 fully saturated rings. The molecule has 78 valence electrons. The summed E-state index contributed by atoms with van der Waals surface area (Å²) in [6.45, 7) is 0. The molecule has 0 heterocycles. The minimum atomic E-state index is -1.59. The predicted octanol–water partition coefficient (Wildman–Crippen LogP) is -0.235. The Kier molecular flexibility index (Phi) is 5.54. The molecule has 0 aliphatic heterocycles. The highest BCUT2D eigenvalue weighted by Crippen LogP contribution is 2.07. The zero-order valence-corrected chi connectivity index (χ0v) is 7.87. The first kappa shape index (κ1) is 12.6. The third-order valence-corrected chi connectivity index (χ3v) is 2.08. The molecule has 0 unspecified atom stereocenters. The largest absolute Gasteiger partial charge is 0.481 e. The van der Waals surface area contributed by atoms with Crippen LogP contribution in [0, 0.1) is 0 Å². The maximum Gasteiger partial charge on any atom is 0.373 e. The van der Waals surface area contributed by atoms with Crippen molar-refractivity contribution in [3.63, 3.8) is 0 Å². The van der Waals surface area contributed by atoms with Gasteiger partial charge in [0.05, 0.1) is 12.2 Å². The Labute approximate surface area is 83.3 Å². The number of carboxylic acid groups (broad SMARTS) is 2. The molecule has 0 aromatic rings. The predicted molar refractivity (Wildman–Crippen MR) is 47.0 cm³/mol. The number of hydrogen-bond acceptors (Lipinski definition) is 5. The number of aliphatic carboxylic acids is 2. The van der Waals surface area contributed by atoms with Crippen LogP contribution in [-0.4, -0.2) is 38.8 Å². The fraction of sp³-hybridized carbons (Fsp3) is 0.429. The van der Waals surface area contributed by atoms with E-state index in [1.165, 1.54) is 0 Å². The van der Waals surface area contributed by atoms with Crippen LogP contribution in [0.15, 0.2) is 0 Å². The molecule has 0 aliphatic rings. The van der Waals surface area contributed by atoms with E-state index in [0.29, 0.717) is 11.8 Å². The van der Waals surface area contributed by atoms with E-state index in [0.717, 1.165) is 0 Å². The first-order valence-corrected chi connectivity index (χ1v) is 4.55. The Balaban J connectivity index is 3.69. The van der Waals surface area contributed by atoms with Crippen molar-refractivity contribution in [3.8, 4) is 0 Å². The molecule has 0 atom stereocenters. The Hall–Kier alpha value is -1.37. The maximum atomic E-state index is 10.8. The lowest BCUT2D eigenvalue weighted by Crippen LogP contribution is -2.16. The molecule has 7 heteroatoms. The van der Waals surface area contributed by atoms with Crippen molar-refractivity contribution >= 4 is 34.6 Å². The second-order valence-electron chi connectivity index (χ2n) is 2.28. The number of carbonyl (C=O) groups is 4. The first-order valence-electron chi connectivity index (χ1n) is 3.57. The fourth-order valence-electron chi connectivity index (χ4n) is 0.489. The van der Waals surface area contributed by atoms with Gasteiger partial charge < -0.3 is 10.2 Å². The van der Waals surface area contributed by atoms with Gasteiger partial charge in [-0.3, -0.25) is 14.4 Å². The van der Waals surface area contributed by atoms with Crippen molar-refractivity contribution in [3.05, 3.63) is 0 Å². The molecule has 0 saturated heterocycles. The van der Waals surface area contributed by atoms with Crippen molar-refractivity contribution in [1.29, 1.82) is 0 Å². The summed E-state index contributed by atoms with van der Waals surface area (Å²) in [6.07, 6.45) is -0.514. The van der Waals surface area contributed by atoms with Gasteiger partial charge in [0, 0.05) is 6.42 Å². The molecule has 0 aromatic carbocycles. The van der Waals surface area contributed by atoms with Crippen LogP contribution >= 0.6 is 11.8 Å². The highest BCUT2D eigenvalue weighted by Gasteiger charge is 2.14. The van der Waals surface area contributed by atoms with Crippen LogP contribution < -0.4 is 0 Å². The fourth-order valence-corrected chi connectivity index (χ4v) is 1.15. The summed E-state index contributed by atoms with van der Waals surface area (Å²) in [7, 11) is 0. The molecule has 6 nitrogen and oxygen atoms in total. The number of thioether (sulfide) groups is 1. The number of carboxylic acids is 2. The summed E-state index contributed by atoms with van der Waals surface area (Å²) < 4.78 is 0. The number of carbonyl (C=O) groups excluding carboxylic acids is 2. The van der Waals surface area contributed by atoms with Gasteiger partial charge in [-0.1, -0.05) is 11.8 Å². The molecular formula is C7H8O6S. The summed E-state index contributed by atoms with van der Waals surface area (Å²) >= 11 is 0.522. The second-order valence-corrected chi connectivity index (χ2v) is 3.32. The van der Waals surface area contributed by atoms with Gasteiger partial charge >= 0.3 is 11.9 Å². The highest BCUT2D eigenvalue weighted by atomic mass is 32.2. The normalized spacial score (nSPS) is 9.43. The van der Waals surface area contributed by atoms with Gasteiger partial charge in [-0.25, -0.2) is 4.79 Å². The Bertz CT molecular complexity index is 271. The molecule has 0 aromatic heterocycles. The van der Waals surface area contributed by atoms with Crippen molar-refractivity contribution < 1.29 is 29.4 Å². The van der Waals surface area contributed by atoms with Crippen LogP contribution in [0.2, 0.25) is 0 Å². The van der Waals surface area contributed by atoms with E-state index in [2.05, 4.69) is 0 Å². The average molecular weight is 220 g/mol. The van der Waals surface area contributed by atoms with Crippen LogP contribution in [-0.2, 0) is 19.2 Å². The topological polar surface area (TPSA) is 109 Å². The summed E-state index contributed by atoms with van der Waals surface area (Å²) in [5, 5.41) is 15.9. The van der Waals surface area contributed by atoms with Gasteiger partial charge in [-0.05, 0) is 0 Å². The molecule has 14 heavy (non-hydrogen) atoms. The summed E-state index contributed by atoms with van der Waals surface area (Å²) in [4.78, 5) is 41.4. The Morgan fingerprint density at radius 1 is 1.00 bits per heavy atom. The molecule has 0 radical (unpaired) electrons. The molecule has 0 saturated carbocycles. The zero-order valence-electron chi connectivity index (χ0n) is 7.06. The Morgan fingerprint density at radius 2 is 1.57 bits per heavy atom. The van der Waals surface area contributed by atoms with Crippen molar-refractivity contribution in [2.24, 2.45) is 0 Å². The number of Topliss-reactive ketones (excluding diaryl/α,β-unsaturated/α-hetero) is 1. The van der Waals surface area contributed by atoms with E-state index < -0.39 is 28.6 Å². The van der Waals surface area contributed by atoms with Crippen LogP contribution in [0.5, 0.6) is 0 Å². The lowest BCUT2D eigenvalue weighted by atomic mass is 10.3. The molecule has 0 spiro atoms. The SMILES string of the molecule is O=C(O)CCC(=O)SCC(=O)C(=O)O. The third-order valence-electron chi connectivity index (χ3n) is 1.15. The molecule has 0 aliphatic carbocycles. The lowest BCUT2D eigenvalue weighted by Gasteiger charge is -1.95. The monoisotopic (exact) mass is 220 g/mol. The van der Waals surface area contributed by atoms with Crippen LogP contribution in [0.1, 0.15) is 12.8 Å². The average Bonchev–Trinajstić information content (AvgIpc) is 2.10. The van der Waals surface area contributed by atoms with Gasteiger partial charge in [0.2, 0.25) is 5.78 Å². The van der Waals surface area contributed by atoms with Crippen LogP contribution in [0.4, 0.5) is 0 Å². The van der Waals surface area contributed by atoms with E-state index in [1.807, 2.05) is 0 Å². The second kappa shape index (κ2) is 6.14. The van der Waals surface area contributed by atoms with Gasteiger partial charge in [0.25, 0.3) is 0 Å². The molecule has 0 bridgehead atoms. The summed E-state index contributed by atoms with van der Waals surface area (Å²) in [5.74, 6) is -4.22. The van der Waals surface area contributed by atoms with Crippen molar-refractivity contribution in [2.45, 2.75) is 12.8 Å². The molecule has 0 amide bonds. The van der Waals surface area contributed by atoms with Gasteiger partial charge in [-0.2, -0.15) is 0 Å². The van der Waals surface area contributed by atoms with E-state index in [-0.39, 0.29) is 12.8 Å². The third kappa shape index (κ3) is 6.18. The van der Waals surface area contributed by atoms with E-state index in [1.54, 1.807) is 0 Å². The standard InChI is InChI=1S/C7H8O6S/c8-4(7(12)13)3-14-6(11)2-1-5(9)10/h1-3H2,(H,9,10)(H,12,13). The number of hydrogen-bond donors (Lipinski definition) is 2. The highest BCUT2D eigenvalue weighted by molar-refractivity contribution is 8.14. The first-order chi connectivity index (χ1) is 6.43. The Morgan fingerprint density at radius 3 is 2.00 bits per heavy atom. The minimum Gasteiger partial charge on any atom is -0.481 e. The lowest BCUT2D eigenvalue weighted by molar-refractivity contribution is -0.147. The zero-order chi connectivity index (χ0) is 11.1. The number of rotatable bonds is 6. The van der Waals surface area contributed by atoms with Crippen LogP contribution in [0.3, 0.4) is 0 Å². The quantitative estimate of drug-likeness (QED) is 0.595. The van der Waals surface area contributed by atoms with Crippen molar-refractivity contribution in [1.82, 2.24) is 0 Å². The smallest absolute Gasteiger partial charge is 0.373 e. The van der Waals surface area contributed by atoms with Gasteiger partial charge in [-0.15, -0.1) is 0 Å². The van der Waals surface area contributed by atoms with E-state index >= 15 is 0 Å². The summed E-state index contributed by atoms with van der Waals surface area (Å²) in [6, 6.07) is 0. The molecular weight excluding hydrogens is 212 g/mol. The summed E-state index contributed by atoms with van der Waals surface area (Å²) in [5.41, 5.74) is 0. The van der Waals surface area contributed by atoms with E-state index in [4.69, 9.17) is 10.2 Å². The minimum absolute atomic E-state index is 0.201. The van der Waals surface area contributed by atoms with E-state index in [9.17, 15) is 19.2 Å². The van der Waals surface area contributed by atoms with Gasteiger partial charge in [0.1, 0.15) is 0 Å². The van der Waals surface area contributed by atoms with Crippen molar-refractivity contribution in [2.75, 3.05) is 5.75 Å². The number of ketones is 1. The van der Waals surface area contributed by atoms with Crippen LogP contribution in [0.25, 0.3) is 0 Å². The molecule has 0 rings (SSSR count). The maximum absolute atomic E-state index is 10.8. The molecule has 2 N–H and O–H groups in total. The van der Waals surface area contributed by atoms with Gasteiger partial charge in [0.15, 0.2) is 5.12 Å².